The van der Waals surface area contributed by atoms with Gasteiger partial charge in [0.15, 0.2) is 5.78 Å². The van der Waals surface area contributed by atoms with E-state index < -0.39 is 0 Å². The van der Waals surface area contributed by atoms with Crippen molar-refractivity contribution in [3.63, 3.8) is 0 Å². The van der Waals surface area contributed by atoms with E-state index in [9.17, 15) is 14.4 Å². The summed E-state index contributed by atoms with van der Waals surface area (Å²) in [6.07, 6.45) is 0.581. The Balaban J connectivity index is 1.79. The Kier molecular flexibility index (Phi) is 7.74. The molecular weight excluding hydrogens is 336 g/mol. The number of hydrogen-bond acceptors (Lipinski definition) is 5. The van der Waals surface area contributed by atoms with Gasteiger partial charge in [0.25, 0.3) is 0 Å². The van der Waals surface area contributed by atoms with Crippen LogP contribution in [0.3, 0.4) is 0 Å². The third-order valence-corrected chi connectivity index (χ3v) is 4.23. The highest BCUT2D eigenvalue weighted by molar-refractivity contribution is 5.97. The number of carbonyl (C=O) groups is 3. The predicted molar refractivity (Wildman–Crippen MR) is 95.8 cm³/mol. The van der Waals surface area contributed by atoms with Crippen molar-refractivity contribution in [2.45, 2.75) is 31.4 Å². The Morgan fingerprint density at radius 3 is 2.62 bits per heavy atom. The van der Waals surface area contributed by atoms with Gasteiger partial charge in [0, 0.05) is 39.1 Å². The van der Waals surface area contributed by atoms with E-state index in [1.807, 2.05) is 6.07 Å². The molecule has 0 aliphatic carbocycles. The molecule has 7 nitrogen and oxygen atoms in total. The van der Waals surface area contributed by atoms with Gasteiger partial charge in [-0.25, -0.2) is 0 Å². The van der Waals surface area contributed by atoms with Crippen LogP contribution < -0.4 is 5.32 Å². The van der Waals surface area contributed by atoms with Gasteiger partial charge in [0.05, 0.1) is 18.8 Å². The predicted octanol–water partition coefficient (Wildman–Crippen LogP) is 1.03. The minimum atomic E-state index is -0.321. The molecule has 142 valence electrons. The molecule has 1 aromatic rings. The number of Topliss-reactive ketones (excluding diaryl/α,β-unsaturated/α-hetero) is 1. The molecule has 2 rings (SSSR count). The van der Waals surface area contributed by atoms with Crippen molar-refractivity contribution in [3.05, 3.63) is 35.9 Å². The molecule has 0 bridgehead atoms. The van der Waals surface area contributed by atoms with Crippen molar-refractivity contribution < 1.29 is 23.9 Å². The summed E-state index contributed by atoms with van der Waals surface area (Å²) >= 11 is 0. The molecule has 0 spiro atoms. The highest BCUT2D eigenvalue weighted by Crippen LogP contribution is 2.13. The van der Waals surface area contributed by atoms with Gasteiger partial charge in [-0.2, -0.15) is 0 Å². The summed E-state index contributed by atoms with van der Waals surface area (Å²) in [5, 5.41) is 2.86. The summed E-state index contributed by atoms with van der Waals surface area (Å²) in [5.74, 6) is -0.419. The molecule has 1 N–H and O–H groups in total. The summed E-state index contributed by atoms with van der Waals surface area (Å²) < 4.78 is 11.1. The van der Waals surface area contributed by atoms with Crippen LogP contribution >= 0.6 is 0 Å². The second-order valence-electron chi connectivity index (χ2n) is 6.46. The molecule has 0 radical (unpaired) electrons. The number of likely N-dealkylation sites (N-methyl/N-ethyl adjacent to an activating group) is 1. The number of amides is 2. The lowest BCUT2D eigenvalue weighted by Gasteiger charge is -2.32. The van der Waals surface area contributed by atoms with Gasteiger partial charge in [-0.1, -0.05) is 30.3 Å². The zero-order valence-electron chi connectivity index (χ0n) is 15.3. The number of rotatable bonds is 8. The number of nitrogens with zero attached hydrogens (tertiary/aromatic N) is 1. The Labute approximate surface area is 153 Å². The van der Waals surface area contributed by atoms with Crippen LogP contribution in [0.2, 0.25) is 0 Å². The number of ketones is 1. The van der Waals surface area contributed by atoms with Gasteiger partial charge >= 0.3 is 0 Å². The molecule has 1 fully saturated rings. The van der Waals surface area contributed by atoms with Crippen LogP contribution in [0.5, 0.6) is 0 Å². The monoisotopic (exact) mass is 362 g/mol. The number of carbonyl (C=O) groups excluding carboxylic acids is 3. The van der Waals surface area contributed by atoms with E-state index in [0.29, 0.717) is 25.2 Å². The third-order valence-electron chi connectivity index (χ3n) is 4.23. The van der Waals surface area contributed by atoms with Gasteiger partial charge in [0.1, 0.15) is 6.61 Å². The largest absolute Gasteiger partial charge is 0.379 e. The second kappa shape index (κ2) is 10.0. The Morgan fingerprint density at radius 1 is 1.19 bits per heavy atom. The summed E-state index contributed by atoms with van der Waals surface area (Å²) in [4.78, 5) is 37.4. The lowest BCUT2D eigenvalue weighted by atomic mass is 10.0. The third kappa shape index (κ3) is 6.24. The van der Waals surface area contributed by atoms with Crippen molar-refractivity contribution in [1.29, 1.82) is 0 Å². The van der Waals surface area contributed by atoms with Gasteiger partial charge in [-0.15, -0.1) is 0 Å². The van der Waals surface area contributed by atoms with Gasteiger partial charge < -0.3 is 19.7 Å². The number of nitrogens with one attached hydrogen (secondary N) is 1. The summed E-state index contributed by atoms with van der Waals surface area (Å²) in [5.41, 5.74) is 0.602. The molecule has 7 heteroatoms. The SMILES string of the molecule is CN(C)C(=O)CO[C@@H]1CCOC[C@@H]1NC(=O)CCC(=O)c1ccccc1. The van der Waals surface area contributed by atoms with E-state index >= 15 is 0 Å². The van der Waals surface area contributed by atoms with Crippen LogP contribution in [0.1, 0.15) is 29.6 Å². The topological polar surface area (TPSA) is 84.9 Å². The first-order valence-electron chi connectivity index (χ1n) is 8.74. The average molecular weight is 362 g/mol. The first-order valence-corrected chi connectivity index (χ1v) is 8.74. The molecule has 0 unspecified atom stereocenters. The Morgan fingerprint density at radius 2 is 1.92 bits per heavy atom. The van der Waals surface area contributed by atoms with Crippen LogP contribution in [-0.2, 0) is 19.1 Å². The lowest BCUT2D eigenvalue weighted by molar-refractivity contribution is -0.140. The molecule has 2 amide bonds. The first kappa shape index (κ1) is 20.1. The molecule has 1 aliphatic heterocycles. The van der Waals surface area contributed by atoms with Crippen molar-refractivity contribution in [2.24, 2.45) is 0 Å². The maximum absolute atomic E-state index is 12.2. The lowest BCUT2D eigenvalue weighted by Crippen LogP contribution is -2.51. The molecule has 1 aliphatic rings. The van der Waals surface area contributed by atoms with E-state index in [0.717, 1.165) is 0 Å². The van der Waals surface area contributed by atoms with Crippen molar-refractivity contribution >= 4 is 17.6 Å². The standard InChI is InChI=1S/C19H26N2O5/c1-21(2)19(24)13-26-17-10-11-25-12-15(17)20-18(23)9-8-16(22)14-6-4-3-5-7-14/h3-7,15,17H,8-13H2,1-2H3,(H,20,23)/t15-,17+/m0/s1. The van der Waals surface area contributed by atoms with Gasteiger partial charge in [-0.05, 0) is 6.42 Å². The first-order chi connectivity index (χ1) is 12.5. The number of hydrogen-bond donors (Lipinski definition) is 1. The number of ether oxygens (including phenoxy) is 2. The summed E-state index contributed by atoms with van der Waals surface area (Å²) in [6, 6.07) is 8.58. The fraction of sp³-hybridized carbons (Fsp3) is 0.526. The van der Waals surface area contributed by atoms with Crippen molar-refractivity contribution in [3.8, 4) is 0 Å². The molecule has 1 saturated heterocycles. The Bertz CT molecular complexity index is 618. The molecule has 26 heavy (non-hydrogen) atoms. The Hall–Kier alpha value is -2.25. The molecule has 0 saturated carbocycles. The summed E-state index contributed by atoms with van der Waals surface area (Å²) in [7, 11) is 3.33. The van der Waals surface area contributed by atoms with Crippen LogP contribution in [0, 0.1) is 0 Å². The van der Waals surface area contributed by atoms with E-state index in [4.69, 9.17) is 9.47 Å². The van der Waals surface area contributed by atoms with Gasteiger partial charge in [-0.3, -0.25) is 14.4 Å². The molecular formula is C19H26N2O5. The average Bonchev–Trinajstić information content (AvgIpc) is 2.65. The fourth-order valence-corrected chi connectivity index (χ4v) is 2.63. The second-order valence-corrected chi connectivity index (χ2v) is 6.46. The van der Waals surface area contributed by atoms with Crippen LogP contribution in [0.4, 0.5) is 0 Å². The van der Waals surface area contributed by atoms with Crippen LogP contribution in [0.15, 0.2) is 30.3 Å². The van der Waals surface area contributed by atoms with E-state index in [-0.39, 0.29) is 49.2 Å². The van der Waals surface area contributed by atoms with E-state index in [1.54, 1.807) is 38.4 Å². The molecule has 1 aromatic carbocycles. The minimum Gasteiger partial charge on any atom is -0.379 e. The maximum atomic E-state index is 12.2. The smallest absolute Gasteiger partial charge is 0.248 e. The zero-order chi connectivity index (χ0) is 18.9. The van der Waals surface area contributed by atoms with E-state index in [1.165, 1.54) is 4.90 Å². The quantitative estimate of drug-likeness (QED) is 0.698. The molecule has 0 aromatic heterocycles. The molecule has 1 heterocycles. The van der Waals surface area contributed by atoms with Crippen molar-refractivity contribution in [2.75, 3.05) is 33.9 Å². The fourth-order valence-electron chi connectivity index (χ4n) is 2.63. The van der Waals surface area contributed by atoms with Crippen molar-refractivity contribution in [1.82, 2.24) is 10.2 Å². The highest BCUT2D eigenvalue weighted by Gasteiger charge is 2.28. The maximum Gasteiger partial charge on any atom is 0.248 e. The van der Waals surface area contributed by atoms with E-state index in [2.05, 4.69) is 5.32 Å². The molecule has 2 atom stereocenters. The minimum absolute atomic E-state index is 0.0312. The van der Waals surface area contributed by atoms with Crippen LogP contribution in [0.25, 0.3) is 0 Å². The number of benzene rings is 1. The highest BCUT2D eigenvalue weighted by atomic mass is 16.5. The normalized spacial score (nSPS) is 19.6. The summed E-state index contributed by atoms with van der Waals surface area (Å²) in [6.45, 7) is 0.829. The zero-order valence-corrected chi connectivity index (χ0v) is 15.3. The van der Waals surface area contributed by atoms with Crippen LogP contribution in [-0.4, -0.2) is 68.6 Å². The van der Waals surface area contributed by atoms with Gasteiger partial charge in [0.2, 0.25) is 11.8 Å².